The van der Waals surface area contributed by atoms with Gasteiger partial charge in [-0.3, -0.25) is 0 Å². The Morgan fingerprint density at radius 3 is 0.154 bits per heavy atom. The Morgan fingerprint density at radius 1 is 0.154 bits per heavy atom. The molecule has 104 valence electrons. The Kier molecular flexibility index (Phi) is 2190000. The third kappa shape index (κ3) is 3950. The fourth-order valence-electron chi connectivity index (χ4n) is 0. The molecule has 0 aliphatic heterocycles. The van der Waals surface area contributed by atoms with Crippen LogP contribution in [0.5, 0.6) is 0 Å². The summed E-state index contributed by atoms with van der Waals surface area (Å²) < 4.78 is 0. The summed E-state index contributed by atoms with van der Waals surface area (Å²) in [6.07, 6.45) is 0. The molecule has 13 heteroatoms. The molecule has 22 N–H and O–H groups in total. The first-order valence-electron chi connectivity index (χ1n) is 0. The van der Waals surface area contributed by atoms with Crippen molar-refractivity contribution in [3.05, 3.63) is 0 Å². The van der Waals surface area contributed by atoms with Crippen molar-refractivity contribution in [1.82, 2.24) is 0 Å². The van der Waals surface area contributed by atoms with Gasteiger partial charge in [0.05, 0.1) is 0 Å². The molecule has 0 saturated carbocycles. The zero-order chi connectivity index (χ0) is 0. The molecule has 0 heterocycles. The van der Waals surface area contributed by atoms with Crippen LogP contribution >= 0.6 is 0 Å². The minimum Gasteiger partial charge on any atom is -0.412 e. The molecule has 0 spiro atoms. The quantitative estimate of drug-likeness (QED) is 0.376. The van der Waals surface area contributed by atoms with Crippen molar-refractivity contribution in [3.8, 4) is 0 Å². The summed E-state index contributed by atoms with van der Waals surface area (Å²) in [6.45, 7) is 0. The zero-order valence-corrected chi connectivity index (χ0v) is 8.42. The van der Waals surface area contributed by atoms with E-state index in [0.717, 1.165) is 0 Å². The molecular formula is H22Fe2O11. The maximum Gasteiger partial charge on any atom is 0 e. The fraction of sp³-hybridized carbons (Fsp3) is 0. The molecule has 13 heavy (non-hydrogen) atoms. The number of hydrogen-bond donors (Lipinski definition) is 0. The van der Waals surface area contributed by atoms with Crippen LogP contribution in [-0.4, -0.2) is 60.2 Å². The van der Waals surface area contributed by atoms with Crippen LogP contribution in [0.2, 0.25) is 0 Å². The smallest absolute Gasteiger partial charge is 0 e. The van der Waals surface area contributed by atoms with Crippen LogP contribution in [0.15, 0.2) is 0 Å². The normalized spacial score (nSPS) is 0. The van der Waals surface area contributed by atoms with E-state index in [1.54, 1.807) is 0 Å². The van der Waals surface area contributed by atoms with Crippen molar-refractivity contribution in [2.75, 3.05) is 0 Å². The van der Waals surface area contributed by atoms with E-state index >= 15 is 0 Å². The molecule has 0 aliphatic rings. The Morgan fingerprint density at radius 2 is 0.154 bits per heavy atom. The van der Waals surface area contributed by atoms with Crippen LogP contribution in [0.4, 0.5) is 0 Å². The van der Waals surface area contributed by atoms with Gasteiger partial charge in [-0.15, -0.1) is 0 Å². The van der Waals surface area contributed by atoms with Crippen molar-refractivity contribution in [1.29, 1.82) is 0 Å². The van der Waals surface area contributed by atoms with Gasteiger partial charge >= 0.3 is 0 Å². The maximum absolute atomic E-state index is 0. The number of hydrogen-bond acceptors (Lipinski definition) is 0. The molecular weight excluding hydrogens is 288 g/mol. The van der Waals surface area contributed by atoms with E-state index in [-0.39, 0.29) is 94.4 Å². The molecule has 0 rings (SSSR count). The largest absolute Gasteiger partial charge is 0.412 e. The summed E-state index contributed by atoms with van der Waals surface area (Å²) in [6, 6.07) is 0. The molecule has 11 nitrogen and oxygen atoms in total. The van der Waals surface area contributed by atoms with Gasteiger partial charge < -0.3 is 60.2 Å². The Balaban J connectivity index is 0. The minimum absolute atomic E-state index is 0. The predicted octanol–water partition coefficient (Wildman–Crippen LogP) is -9.08. The average molecular weight is 310 g/mol. The molecule has 0 radical (unpaired) electrons. The third-order valence-electron chi connectivity index (χ3n) is 0. The van der Waals surface area contributed by atoms with Crippen molar-refractivity contribution in [3.63, 3.8) is 0 Å². The Labute approximate surface area is 94.8 Å². The molecule has 0 aliphatic carbocycles. The van der Waals surface area contributed by atoms with E-state index in [4.69, 9.17) is 0 Å². The van der Waals surface area contributed by atoms with Gasteiger partial charge in [-0.1, -0.05) is 0 Å². The second-order valence-corrected chi connectivity index (χ2v) is 0. The van der Waals surface area contributed by atoms with E-state index in [1.807, 2.05) is 0 Å². The van der Waals surface area contributed by atoms with E-state index in [2.05, 4.69) is 0 Å². The zero-order valence-electron chi connectivity index (χ0n) is 6.21. The third-order valence-corrected chi connectivity index (χ3v) is 0. The van der Waals surface area contributed by atoms with Crippen LogP contribution in [0, 0.1) is 0 Å². The minimum atomic E-state index is 0. The van der Waals surface area contributed by atoms with Crippen LogP contribution in [0.25, 0.3) is 0 Å². The van der Waals surface area contributed by atoms with Crippen LogP contribution in [0.1, 0.15) is 0 Å². The standard InChI is InChI=1S/2Fe.11H2O/h;;11*1H2. The van der Waals surface area contributed by atoms with E-state index in [1.165, 1.54) is 0 Å². The summed E-state index contributed by atoms with van der Waals surface area (Å²) in [7, 11) is 0. The van der Waals surface area contributed by atoms with Crippen LogP contribution < -0.4 is 0 Å². The van der Waals surface area contributed by atoms with Gasteiger partial charge in [-0.05, 0) is 0 Å². The van der Waals surface area contributed by atoms with Crippen molar-refractivity contribution in [2.45, 2.75) is 0 Å². The molecule has 0 fully saturated rings. The molecule has 0 unspecified atom stereocenters. The van der Waals surface area contributed by atoms with Gasteiger partial charge in [-0.2, -0.15) is 0 Å². The van der Waals surface area contributed by atoms with Gasteiger partial charge in [0.1, 0.15) is 0 Å². The first-order chi connectivity index (χ1) is 0. The number of rotatable bonds is 0. The fourth-order valence-corrected chi connectivity index (χ4v) is 0. The Bertz CT molecular complexity index is 8.05. The molecule has 0 aromatic carbocycles. The SMILES string of the molecule is O.O.O.O.O.O.O.O.O.O.O.[Fe].[Fe]. The molecule has 0 saturated heterocycles. The second-order valence-electron chi connectivity index (χ2n) is 0. The molecule has 0 aromatic rings. The Hall–Kier alpha value is 0.599. The summed E-state index contributed by atoms with van der Waals surface area (Å²) >= 11 is 0. The van der Waals surface area contributed by atoms with Gasteiger partial charge in [-0.25, -0.2) is 0 Å². The first kappa shape index (κ1) is 6020. The van der Waals surface area contributed by atoms with Crippen molar-refractivity contribution < 1.29 is 94.4 Å². The van der Waals surface area contributed by atoms with Crippen molar-refractivity contribution in [2.24, 2.45) is 0 Å². The van der Waals surface area contributed by atoms with Gasteiger partial charge in [0.2, 0.25) is 0 Å². The summed E-state index contributed by atoms with van der Waals surface area (Å²) in [5.74, 6) is 0. The van der Waals surface area contributed by atoms with E-state index < -0.39 is 0 Å². The van der Waals surface area contributed by atoms with E-state index in [9.17, 15) is 0 Å². The van der Waals surface area contributed by atoms with Crippen molar-refractivity contribution >= 4 is 0 Å². The summed E-state index contributed by atoms with van der Waals surface area (Å²) in [5, 5.41) is 0. The average Bonchev–Trinajstić information content (AvgIpc) is 0. The maximum atomic E-state index is 0. The summed E-state index contributed by atoms with van der Waals surface area (Å²) in [4.78, 5) is 0. The van der Waals surface area contributed by atoms with Gasteiger partial charge in [0.25, 0.3) is 0 Å². The van der Waals surface area contributed by atoms with Gasteiger partial charge in [0, 0.05) is 34.1 Å². The monoisotopic (exact) mass is 310 g/mol. The second kappa shape index (κ2) is 4720. The molecule has 0 aromatic heterocycles. The van der Waals surface area contributed by atoms with Crippen LogP contribution in [0.3, 0.4) is 0 Å². The molecule has 0 atom stereocenters. The van der Waals surface area contributed by atoms with Gasteiger partial charge in [0.15, 0.2) is 0 Å². The van der Waals surface area contributed by atoms with Crippen LogP contribution in [-0.2, 0) is 34.1 Å². The van der Waals surface area contributed by atoms with E-state index in [0.29, 0.717) is 0 Å². The predicted molar refractivity (Wildman–Crippen MR) is 39.8 cm³/mol. The molecule has 0 bridgehead atoms. The molecule has 0 amide bonds. The first-order valence-corrected chi connectivity index (χ1v) is 0. The summed E-state index contributed by atoms with van der Waals surface area (Å²) in [5.41, 5.74) is 0. The topological polar surface area (TPSA) is 346 Å².